The molecule has 2 N–H and O–H groups in total. The van der Waals surface area contributed by atoms with Crippen molar-refractivity contribution in [3.05, 3.63) is 29.8 Å². The van der Waals surface area contributed by atoms with Gasteiger partial charge in [0.25, 0.3) is 0 Å². The van der Waals surface area contributed by atoms with E-state index in [-0.39, 0.29) is 0 Å². The maximum absolute atomic E-state index is 5.64. The lowest BCUT2D eigenvalue weighted by Gasteiger charge is -2.08. The second kappa shape index (κ2) is 8.18. The summed E-state index contributed by atoms with van der Waals surface area (Å²) in [5.74, 6) is 0.983. The van der Waals surface area contributed by atoms with E-state index in [9.17, 15) is 0 Å². The van der Waals surface area contributed by atoms with Gasteiger partial charge in [0.05, 0.1) is 6.61 Å². The van der Waals surface area contributed by atoms with Gasteiger partial charge >= 0.3 is 0 Å². The number of ether oxygens (including phenoxy) is 1. The monoisotopic (exact) mass is 262 g/mol. The van der Waals surface area contributed by atoms with Crippen molar-refractivity contribution >= 4 is 0 Å². The van der Waals surface area contributed by atoms with Crippen LogP contribution in [0, 0.1) is 0 Å². The highest BCUT2D eigenvalue weighted by Gasteiger charge is 2.19. The molecule has 0 heterocycles. The smallest absolute Gasteiger partial charge is 0.119 e. The van der Waals surface area contributed by atoms with Crippen molar-refractivity contribution in [1.82, 2.24) is 10.6 Å². The zero-order chi connectivity index (χ0) is 13.3. The summed E-state index contributed by atoms with van der Waals surface area (Å²) in [6, 6.07) is 9.20. The summed E-state index contributed by atoms with van der Waals surface area (Å²) in [7, 11) is 0. The largest absolute Gasteiger partial charge is 0.494 e. The molecule has 1 aliphatic rings. The minimum atomic E-state index is 0.795. The van der Waals surface area contributed by atoms with Crippen LogP contribution in [0.5, 0.6) is 5.75 Å². The van der Waals surface area contributed by atoms with E-state index in [4.69, 9.17) is 4.74 Å². The topological polar surface area (TPSA) is 33.3 Å². The van der Waals surface area contributed by atoms with E-state index in [0.29, 0.717) is 0 Å². The van der Waals surface area contributed by atoms with Crippen LogP contribution in [0.25, 0.3) is 0 Å². The van der Waals surface area contributed by atoms with Gasteiger partial charge in [-0.3, -0.25) is 0 Å². The molecule has 0 aliphatic heterocycles. The maximum atomic E-state index is 5.64. The molecular weight excluding hydrogens is 236 g/mol. The molecule has 1 aromatic carbocycles. The highest BCUT2D eigenvalue weighted by Crippen LogP contribution is 2.18. The van der Waals surface area contributed by atoms with Crippen molar-refractivity contribution in [2.75, 3.05) is 19.7 Å². The van der Waals surface area contributed by atoms with Crippen LogP contribution in [-0.2, 0) is 6.54 Å². The fourth-order valence-electron chi connectivity index (χ4n) is 2.00. The zero-order valence-corrected chi connectivity index (χ0v) is 12.0. The Morgan fingerprint density at radius 1 is 1.26 bits per heavy atom. The zero-order valence-electron chi connectivity index (χ0n) is 12.0. The number of hydrogen-bond acceptors (Lipinski definition) is 3. The van der Waals surface area contributed by atoms with Gasteiger partial charge < -0.3 is 15.4 Å². The van der Waals surface area contributed by atoms with Gasteiger partial charge in [0.1, 0.15) is 5.75 Å². The SMILES string of the molecule is CCCOc1cccc(CNCCCNC2CC2)c1. The summed E-state index contributed by atoms with van der Waals surface area (Å²) in [5.41, 5.74) is 1.30. The Bertz CT molecular complexity index is 364. The summed E-state index contributed by atoms with van der Waals surface area (Å²) in [6.07, 6.45) is 4.99. The van der Waals surface area contributed by atoms with E-state index < -0.39 is 0 Å². The second-order valence-electron chi connectivity index (χ2n) is 5.25. The van der Waals surface area contributed by atoms with Crippen LogP contribution >= 0.6 is 0 Å². The van der Waals surface area contributed by atoms with Crippen LogP contribution < -0.4 is 15.4 Å². The lowest BCUT2D eigenvalue weighted by molar-refractivity contribution is 0.317. The van der Waals surface area contributed by atoms with Gasteiger partial charge in [0.15, 0.2) is 0 Å². The van der Waals surface area contributed by atoms with Crippen LogP contribution in [0.4, 0.5) is 0 Å². The Labute approximate surface area is 116 Å². The van der Waals surface area contributed by atoms with E-state index in [1.807, 2.05) is 6.07 Å². The van der Waals surface area contributed by atoms with Crippen molar-refractivity contribution in [2.45, 2.75) is 45.2 Å². The first-order chi connectivity index (χ1) is 9.38. The standard InChI is InChI=1S/C16H26N2O/c1-2-11-19-16-6-3-5-14(12-16)13-17-9-4-10-18-15-7-8-15/h3,5-6,12,15,17-18H,2,4,7-11,13H2,1H3. The van der Waals surface area contributed by atoms with Gasteiger partial charge in [0, 0.05) is 12.6 Å². The Hall–Kier alpha value is -1.06. The third-order valence-electron chi connectivity index (χ3n) is 3.24. The molecule has 0 spiro atoms. The van der Waals surface area contributed by atoms with Crippen molar-refractivity contribution < 1.29 is 4.74 Å². The molecule has 3 heteroatoms. The number of hydrogen-bond donors (Lipinski definition) is 2. The molecular formula is C16H26N2O. The number of benzene rings is 1. The highest BCUT2D eigenvalue weighted by atomic mass is 16.5. The van der Waals surface area contributed by atoms with E-state index in [2.05, 4.69) is 35.8 Å². The summed E-state index contributed by atoms with van der Waals surface area (Å²) < 4.78 is 5.64. The van der Waals surface area contributed by atoms with Crippen LogP contribution in [0.3, 0.4) is 0 Å². The first-order valence-corrected chi connectivity index (χ1v) is 7.54. The van der Waals surface area contributed by atoms with Gasteiger partial charge in [-0.1, -0.05) is 19.1 Å². The first-order valence-electron chi connectivity index (χ1n) is 7.54. The average Bonchev–Trinajstić information content (AvgIpc) is 3.25. The summed E-state index contributed by atoms with van der Waals surface area (Å²) in [4.78, 5) is 0. The molecule has 0 atom stereocenters. The lowest BCUT2D eigenvalue weighted by atomic mass is 10.2. The lowest BCUT2D eigenvalue weighted by Crippen LogP contribution is -2.23. The predicted octanol–water partition coefficient (Wildman–Crippen LogP) is 2.71. The highest BCUT2D eigenvalue weighted by molar-refractivity contribution is 5.28. The molecule has 0 bridgehead atoms. The van der Waals surface area contributed by atoms with E-state index in [1.165, 1.54) is 24.8 Å². The van der Waals surface area contributed by atoms with E-state index in [0.717, 1.165) is 44.5 Å². The third kappa shape index (κ3) is 6.08. The molecule has 1 aromatic rings. The molecule has 0 aromatic heterocycles. The molecule has 1 aliphatic carbocycles. The van der Waals surface area contributed by atoms with Crippen LogP contribution in [0.1, 0.15) is 38.2 Å². The quantitative estimate of drug-likeness (QED) is 0.636. The molecule has 0 unspecified atom stereocenters. The fourth-order valence-corrected chi connectivity index (χ4v) is 2.00. The molecule has 0 radical (unpaired) electrons. The maximum Gasteiger partial charge on any atom is 0.119 e. The second-order valence-corrected chi connectivity index (χ2v) is 5.25. The fraction of sp³-hybridized carbons (Fsp3) is 0.625. The van der Waals surface area contributed by atoms with Crippen molar-refractivity contribution in [2.24, 2.45) is 0 Å². The number of rotatable bonds is 10. The van der Waals surface area contributed by atoms with E-state index in [1.54, 1.807) is 0 Å². The molecule has 106 valence electrons. The summed E-state index contributed by atoms with van der Waals surface area (Å²) >= 11 is 0. The Morgan fingerprint density at radius 2 is 2.16 bits per heavy atom. The Balaban J connectivity index is 1.58. The predicted molar refractivity (Wildman–Crippen MR) is 79.6 cm³/mol. The molecule has 1 saturated carbocycles. The Kier molecular flexibility index (Phi) is 6.18. The van der Waals surface area contributed by atoms with Gasteiger partial charge in [0.2, 0.25) is 0 Å². The van der Waals surface area contributed by atoms with Gasteiger partial charge in [-0.15, -0.1) is 0 Å². The van der Waals surface area contributed by atoms with Gasteiger partial charge in [-0.25, -0.2) is 0 Å². The summed E-state index contributed by atoms with van der Waals surface area (Å²) in [6.45, 7) is 6.05. The molecule has 2 rings (SSSR count). The minimum absolute atomic E-state index is 0.795. The third-order valence-corrected chi connectivity index (χ3v) is 3.24. The van der Waals surface area contributed by atoms with Crippen molar-refractivity contribution in [3.63, 3.8) is 0 Å². The van der Waals surface area contributed by atoms with Crippen molar-refractivity contribution in [1.29, 1.82) is 0 Å². The normalized spacial score (nSPS) is 14.6. The molecule has 3 nitrogen and oxygen atoms in total. The van der Waals surface area contributed by atoms with Crippen molar-refractivity contribution in [3.8, 4) is 5.75 Å². The summed E-state index contributed by atoms with van der Waals surface area (Å²) in [5, 5.41) is 7.01. The van der Waals surface area contributed by atoms with Gasteiger partial charge in [-0.2, -0.15) is 0 Å². The van der Waals surface area contributed by atoms with Crippen LogP contribution in [0.15, 0.2) is 24.3 Å². The molecule has 19 heavy (non-hydrogen) atoms. The Morgan fingerprint density at radius 3 is 2.95 bits per heavy atom. The average molecular weight is 262 g/mol. The molecule has 1 fully saturated rings. The number of nitrogens with one attached hydrogen (secondary N) is 2. The van der Waals surface area contributed by atoms with Crippen LogP contribution in [-0.4, -0.2) is 25.7 Å². The molecule has 0 amide bonds. The first kappa shape index (κ1) is 14.4. The molecule has 0 saturated heterocycles. The van der Waals surface area contributed by atoms with Gasteiger partial charge in [-0.05, 0) is 56.5 Å². The van der Waals surface area contributed by atoms with E-state index >= 15 is 0 Å². The van der Waals surface area contributed by atoms with Crippen LogP contribution in [0.2, 0.25) is 0 Å². The minimum Gasteiger partial charge on any atom is -0.494 e.